The van der Waals surface area contributed by atoms with Gasteiger partial charge in [0.25, 0.3) is 5.91 Å². The normalized spacial score (nSPS) is 19.6. The van der Waals surface area contributed by atoms with Crippen molar-refractivity contribution >= 4 is 24.2 Å². The van der Waals surface area contributed by atoms with Crippen LogP contribution in [0.25, 0.3) is 0 Å². The quantitative estimate of drug-likeness (QED) is 0.693. The molecule has 1 N–H and O–H groups in total. The number of benzene rings is 1. The first-order valence-corrected chi connectivity index (χ1v) is 5.05. The molecule has 0 spiro atoms. The maximum atomic E-state index is 11.3. The number of thiol groups is 1. The summed E-state index contributed by atoms with van der Waals surface area (Å²) in [5.41, 5.74) is 1.80. The fourth-order valence-electron chi connectivity index (χ4n) is 1.35. The Bertz CT molecular complexity index is 378. The van der Waals surface area contributed by atoms with Crippen LogP contribution in [0.3, 0.4) is 0 Å². The van der Waals surface area contributed by atoms with E-state index in [0.29, 0.717) is 5.75 Å². The van der Waals surface area contributed by atoms with Crippen LogP contribution in [0.15, 0.2) is 18.2 Å². The second-order valence-corrected chi connectivity index (χ2v) is 3.55. The molecule has 0 fully saturated rings. The monoisotopic (exact) mass is 209 g/mol. The van der Waals surface area contributed by atoms with E-state index < -0.39 is 6.10 Å². The molecule has 1 amide bonds. The lowest BCUT2D eigenvalue weighted by atomic mass is 10.1. The Labute approximate surface area is 87.9 Å². The molecule has 0 radical (unpaired) electrons. The molecule has 4 heteroatoms. The van der Waals surface area contributed by atoms with Crippen molar-refractivity contribution in [3.05, 3.63) is 23.8 Å². The van der Waals surface area contributed by atoms with Crippen LogP contribution < -0.4 is 10.1 Å². The average Bonchev–Trinajstić information content (AvgIpc) is 2.19. The predicted molar refractivity (Wildman–Crippen MR) is 57.9 cm³/mol. The van der Waals surface area contributed by atoms with Crippen molar-refractivity contribution in [2.24, 2.45) is 0 Å². The number of hydrogen-bond acceptors (Lipinski definition) is 3. The summed E-state index contributed by atoms with van der Waals surface area (Å²) in [6.45, 7) is 1.73. The predicted octanol–water partition coefficient (Wildman–Crippen LogP) is 1.84. The van der Waals surface area contributed by atoms with Gasteiger partial charge >= 0.3 is 0 Å². The molecule has 2 rings (SSSR count). The lowest BCUT2D eigenvalue weighted by molar-refractivity contribution is -0.122. The molecule has 0 aliphatic carbocycles. The summed E-state index contributed by atoms with van der Waals surface area (Å²) in [5.74, 6) is 1.27. The highest BCUT2D eigenvalue weighted by atomic mass is 32.1. The highest BCUT2D eigenvalue weighted by Gasteiger charge is 2.23. The Hall–Kier alpha value is -1.16. The van der Waals surface area contributed by atoms with Gasteiger partial charge in [-0.25, -0.2) is 0 Å². The van der Waals surface area contributed by atoms with Gasteiger partial charge in [-0.3, -0.25) is 4.79 Å². The summed E-state index contributed by atoms with van der Waals surface area (Å²) in [7, 11) is 0. The number of amides is 1. The van der Waals surface area contributed by atoms with Crippen LogP contribution in [0.4, 0.5) is 5.69 Å². The van der Waals surface area contributed by atoms with E-state index in [-0.39, 0.29) is 5.91 Å². The number of fused-ring (bicyclic) bond motifs is 1. The largest absolute Gasteiger partial charge is 0.479 e. The topological polar surface area (TPSA) is 38.3 Å². The molecule has 1 aromatic rings. The molecule has 14 heavy (non-hydrogen) atoms. The molecule has 1 aromatic carbocycles. The number of anilines is 1. The zero-order valence-electron chi connectivity index (χ0n) is 7.78. The summed E-state index contributed by atoms with van der Waals surface area (Å²) in [4.78, 5) is 11.3. The van der Waals surface area contributed by atoms with Crippen molar-refractivity contribution in [1.82, 2.24) is 0 Å². The van der Waals surface area contributed by atoms with E-state index in [1.807, 2.05) is 18.2 Å². The fraction of sp³-hybridized carbons (Fsp3) is 0.300. The molecule has 3 nitrogen and oxygen atoms in total. The molecule has 1 heterocycles. The average molecular weight is 209 g/mol. The number of rotatable bonds is 1. The standard InChI is InChI=1S/C10H11NO2S/c1-6-10(12)11-8-4-7(5-14)2-3-9(8)13-6/h2-4,6,14H,5H2,1H3,(H,11,12). The summed E-state index contributed by atoms with van der Waals surface area (Å²) in [6, 6.07) is 5.68. The van der Waals surface area contributed by atoms with Crippen molar-refractivity contribution in [2.75, 3.05) is 5.32 Å². The van der Waals surface area contributed by atoms with Gasteiger partial charge in [0.15, 0.2) is 6.10 Å². The zero-order chi connectivity index (χ0) is 10.1. The molecule has 1 aliphatic rings. The number of hydrogen-bond donors (Lipinski definition) is 2. The minimum Gasteiger partial charge on any atom is -0.479 e. The van der Waals surface area contributed by atoms with Crippen molar-refractivity contribution in [1.29, 1.82) is 0 Å². The first kappa shape index (κ1) is 9.40. The first-order valence-electron chi connectivity index (χ1n) is 4.42. The van der Waals surface area contributed by atoms with Gasteiger partial charge in [0.1, 0.15) is 5.75 Å². The number of carbonyl (C=O) groups excluding carboxylic acids is 1. The Balaban J connectivity index is 2.37. The fourth-order valence-corrected chi connectivity index (χ4v) is 1.55. The Morgan fingerprint density at radius 2 is 2.36 bits per heavy atom. The summed E-state index contributed by atoms with van der Waals surface area (Å²) in [5, 5.41) is 2.79. The molecular weight excluding hydrogens is 198 g/mol. The van der Waals surface area contributed by atoms with Gasteiger partial charge in [0.05, 0.1) is 5.69 Å². The molecule has 1 atom stereocenters. The number of nitrogens with one attached hydrogen (secondary N) is 1. The van der Waals surface area contributed by atoms with E-state index in [0.717, 1.165) is 17.0 Å². The van der Waals surface area contributed by atoms with Crippen LogP contribution in [0.5, 0.6) is 5.75 Å². The maximum absolute atomic E-state index is 11.3. The van der Waals surface area contributed by atoms with Crippen LogP contribution in [-0.4, -0.2) is 12.0 Å². The second kappa shape index (κ2) is 3.53. The summed E-state index contributed by atoms with van der Waals surface area (Å²) < 4.78 is 5.41. The summed E-state index contributed by atoms with van der Waals surface area (Å²) in [6.07, 6.45) is -0.413. The number of carbonyl (C=O) groups is 1. The maximum Gasteiger partial charge on any atom is 0.265 e. The molecule has 1 unspecified atom stereocenters. The third-order valence-corrected chi connectivity index (χ3v) is 2.52. The van der Waals surface area contributed by atoms with Gasteiger partial charge < -0.3 is 10.1 Å². The molecule has 0 saturated carbocycles. The van der Waals surface area contributed by atoms with E-state index in [1.165, 1.54) is 0 Å². The molecule has 74 valence electrons. The summed E-state index contributed by atoms with van der Waals surface area (Å²) >= 11 is 4.16. The third-order valence-electron chi connectivity index (χ3n) is 2.16. The van der Waals surface area contributed by atoms with Crippen LogP contribution in [0.1, 0.15) is 12.5 Å². The lowest BCUT2D eigenvalue weighted by Crippen LogP contribution is -2.34. The first-order chi connectivity index (χ1) is 6.70. The van der Waals surface area contributed by atoms with Gasteiger partial charge in [0.2, 0.25) is 0 Å². The highest BCUT2D eigenvalue weighted by molar-refractivity contribution is 7.79. The Morgan fingerprint density at radius 1 is 1.57 bits per heavy atom. The minimum atomic E-state index is -0.413. The van der Waals surface area contributed by atoms with E-state index in [9.17, 15) is 4.79 Å². The minimum absolute atomic E-state index is 0.103. The van der Waals surface area contributed by atoms with E-state index in [4.69, 9.17) is 4.74 Å². The zero-order valence-corrected chi connectivity index (χ0v) is 8.67. The van der Waals surface area contributed by atoms with E-state index in [2.05, 4.69) is 17.9 Å². The van der Waals surface area contributed by atoms with Crippen LogP contribution in [0, 0.1) is 0 Å². The Morgan fingerprint density at radius 3 is 3.07 bits per heavy atom. The van der Waals surface area contributed by atoms with E-state index in [1.54, 1.807) is 6.92 Å². The van der Waals surface area contributed by atoms with Crippen molar-refractivity contribution < 1.29 is 9.53 Å². The van der Waals surface area contributed by atoms with Gasteiger partial charge in [-0.05, 0) is 24.6 Å². The van der Waals surface area contributed by atoms with Gasteiger partial charge in [-0.15, -0.1) is 0 Å². The van der Waals surface area contributed by atoms with Crippen molar-refractivity contribution in [3.63, 3.8) is 0 Å². The van der Waals surface area contributed by atoms with Crippen molar-refractivity contribution in [2.45, 2.75) is 18.8 Å². The van der Waals surface area contributed by atoms with Crippen LogP contribution >= 0.6 is 12.6 Å². The lowest BCUT2D eigenvalue weighted by Gasteiger charge is -2.23. The second-order valence-electron chi connectivity index (χ2n) is 3.24. The van der Waals surface area contributed by atoms with E-state index >= 15 is 0 Å². The molecule has 0 saturated heterocycles. The van der Waals surface area contributed by atoms with Gasteiger partial charge in [-0.2, -0.15) is 12.6 Å². The van der Waals surface area contributed by atoms with Crippen LogP contribution in [-0.2, 0) is 10.5 Å². The van der Waals surface area contributed by atoms with Gasteiger partial charge in [-0.1, -0.05) is 6.07 Å². The third kappa shape index (κ3) is 1.57. The molecule has 1 aliphatic heterocycles. The smallest absolute Gasteiger partial charge is 0.265 e. The highest BCUT2D eigenvalue weighted by Crippen LogP contribution is 2.30. The molecular formula is C10H11NO2S. The molecule has 0 bridgehead atoms. The number of ether oxygens (including phenoxy) is 1. The van der Waals surface area contributed by atoms with Crippen molar-refractivity contribution in [3.8, 4) is 5.75 Å². The molecule has 0 aromatic heterocycles. The van der Waals surface area contributed by atoms with Crippen LogP contribution in [0.2, 0.25) is 0 Å². The van der Waals surface area contributed by atoms with Gasteiger partial charge in [0, 0.05) is 5.75 Å². The SMILES string of the molecule is CC1Oc2ccc(CS)cc2NC1=O. The Kier molecular flexibility index (Phi) is 2.37.